The van der Waals surface area contributed by atoms with Gasteiger partial charge in [0, 0.05) is 23.1 Å². The molecule has 0 aromatic carbocycles. The van der Waals surface area contributed by atoms with E-state index in [0.29, 0.717) is 6.61 Å². The van der Waals surface area contributed by atoms with Crippen molar-refractivity contribution in [2.24, 2.45) is 0 Å². The molecule has 1 aromatic heterocycles. The van der Waals surface area contributed by atoms with E-state index in [2.05, 4.69) is 35.2 Å². The summed E-state index contributed by atoms with van der Waals surface area (Å²) in [5, 5.41) is 2.06. The van der Waals surface area contributed by atoms with Gasteiger partial charge in [0.25, 0.3) is 0 Å². The van der Waals surface area contributed by atoms with E-state index in [1.54, 1.807) is 18.4 Å². The summed E-state index contributed by atoms with van der Waals surface area (Å²) in [5.41, 5.74) is -0.0906. The number of hydrogen-bond donors (Lipinski definition) is 0. The minimum Gasteiger partial charge on any atom is -0.379 e. The van der Waals surface area contributed by atoms with E-state index >= 15 is 0 Å². The highest BCUT2D eigenvalue weighted by atomic mass is 79.9. The van der Waals surface area contributed by atoms with E-state index < -0.39 is 0 Å². The van der Waals surface area contributed by atoms with Gasteiger partial charge in [0.1, 0.15) is 0 Å². The molecule has 0 N–H and O–H groups in total. The average molecular weight is 293 g/mol. The number of thiophene rings is 1. The summed E-state index contributed by atoms with van der Waals surface area (Å²) in [6, 6.07) is 2.04. The fourth-order valence-corrected chi connectivity index (χ4v) is 2.42. The van der Waals surface area contributed by atoms with Gasteiger partial charge < -0.3 is 9.47 Å². The first-order valence-corrected chi connectivity index (χ1v) is 6.57. The highest BCUT2D eigenvalue weighted by molar-refractivity contribution is 9.10. The Morgan fingerprint density at radius 3 is 2.73 bits per heavy atom. The van der Waals surface area contributed by atoms with Crippen molar-refractivity contribution in [3.8, 4) is 0 Å². The molecule has 2 nitrogen and oxygen atoms in total. The van der Waals surface area contributed by atoms with E-state index in [0.717, 1.165) is 17.5 Å². The smallest absolute Gasteiger partial charge is 0.0820 e. The summed E-state index contributed by atoms with van der Waals surface area (Å²) in [4.78, 5) is 1.24. The first-order chi connectivity index (χ1) is 7.05. The van der Waals surface area contributed by atoms with Crippen molar-refractivity contribution < 1.29 is 9.47 Å². The lowest BCUT2D eigenvalue weighted by molar-refractivity contribution is -0.0122. The highest BCUT2D eigenvalue weighted by Crippen LogP contribution is 2.23. The van der Waals surface area contributed by atoms with Crippen LogP contribution in [0.2, 0.25) is 0 Å². The molecule has 0 bridgehead atoms. The van der Waals surface area contributed by atoms with Crippen LogP contribution >= 0.6 is 27.3 Å². The fourth-order valence-electron chi connectivity index (χ4n) is 1.01. The Hall–Kier alpha value is 0.100. The van der Waals surface area contributed by atoms with Crippen molar-refractivity contribution in [1.29, 1.82) is 0 Å². The molecule has 0 saturated carbocycles. The van der Waals surface area contributed by atoms with Crippen LogP contribution < -0.4 is 0 Å². The van der Waals surface area contributed by atoms with Crippen LogP contribution in [0.3, 0.4) is 0 Å². The molecule has 0 saturated heterocycles. The van der Waals surface area contributed by atoms with Crippen LogP contribution in [0.15, 0.2) is 15.9 Å². The van der Waals surface area contributed by atoms with Crippen molar-refractivity contribution in [3.63, 3.8) is 0 Å². The third-order valence-corrected chi connectivity index (χ3v) is 4.23. The molecule has 0 atom stereocenters. The van der Waals surface area contributed by atoms with Crippen molar-refractivity contribution in [1.82, 2.24) is 0 Å². The molecule has 4 heteroatoms. The van der Waals surface area contributed by atoms with Crippen LogP contribution in [0, 0.1) is 0 Å². The molecular formula is C11H17BrO2S. The van der Waals surface area contributed by atoms with E-state index in [-0.39, 0.29) is 5.60 Å². The topological polar surface area (TPSA) is 18.5 Å². The first kappa shape index (κ1) is 13.2. The summed E-state index contributed by atoms with van der Waals surface area (Å²) in [7, 11) is 1.73. The van der Waals surface area contributed by atoms with Gasteiger partial charge in [-0.2, -0.15) is 0 Å². The van der Waals surface area contributed by atoms with Crippen LogP contribution in [0.25, 0.3) is 0 Å². The maximum absolute atomic E-state index is 5.60. The Morgan fingerprint density at radius 1 is 1.47 bits per heavy atom. The number of ether oxygens (including phenoxy) is 2. The summed E-state index contributed by atoms with van der Waals surface area (Å²) < 4.78 is 12.0. The fraction of sp³-hybridized carbons (Fsp3) is 0.636. The quantitative estimate of drug-likeness (QED) is 0.742. The molecule has 1 rings (SSSR count). The van der Waals surface area contributed by atoms with Crippen LogP contribution in [0.1, 0.15) is 25.1 Å². The standard InChI is InChI=1S/C11H17BrO2S/c1-11(2,13-3)5-6-14-8-10-9(12)4-7-15-10/h4,7H,5-6,8H2,1-3H3. The van der Waals surface area contributed by atoms with Gasteiger partial charge in [-0.15, -0.1) is 11.3 Å². The number of halogens is 1. The third kappa shape index (κ3) is 4.64. The Morgan fingerprint density at radius 2 is 2.20 bits per heavy atom. The molecule has 0 fully saturated rings. The Bertz CT molecular complexity index is 297. The van der Waals surface area contributed by atoms with E-state index in [9.17, 15) is 0 Å². The van der Waals surface area contributed by atoms with E-state index in [4.69, 9.17) is 9.47 Å². The Labute approximate surface area is 104 Å². The van der Waals surface area contributed by atoms with Gasteiger partial charge in [-0.3, -0.25) is 0 Å². The zero-order chi connectivity index (χ0) is 11.3. The number of hydrogen-bond acceptors (Lipinski definition) is 3. The first-order valence-electron chi connectivity index (χ1n) is 4.90. The van der Waals surface area contributed by atoms with Crippen molar-refractivity contribution in [2.75, 3.05) is 13.7 Å². The highest BCUT2D eigenvalue weighted by Gasteiger charge is 2.15. The summed E-state index contributed by atoms with van der Waals surface area (Å²) in [6.07, 6.45) is 0.909. The molecule has 15 heavy (non-hydrogen) atoms. The van der Waals surface area contributed by atoms with Gasteiger partial charge >= 0.3 is 0 Å². The zero-order valence-electron chi connectivity index (χ0n) is 9.38. The van der Waals surface area contributed by atoms with E-state index in [1.807, 2.05) is 6.07 Å². The molecule has 1 aromatic rings. The maximum Gasteiger partial charge on any atom is 0.0820 e. The van der Waals surface area contributed by atoms with Crippen molar-refractivity contribution in [2.45, 2.75) is 32.5 Å². The third-order valence-electron chi connectivity index (χ3n) is 2.33. The minimum atomic E-state index is -0.0906. The lowest BCUT2D eigenvalue weighted by atomic mass is 10.1. The number of methoxy groups -OCH3 is 1. The molecule has 86 valence electrons. The molecule has 1 heterocycles. The molecule has 0 unspecified atom stereocenters. The zero-order valence-corrected chi connectivity index (χ0v) is 11.8. The van der Waals surface area contributed by atoms with Crippen LogP contribution in [0.4, 0.5) is 0 Å². The second kappa shape index (κ2) is 5.99. The summed E-state index contributed by atoms with van der Waals surface area (Å²) in [5.74, 6) is 0. The predicted molar refractivity (Wildman–Crippen MR) is 67.4 cm³/mol. The van der Waals surface area contributed by atoms with Gasteiger partial charge in [0.2, 0.25) is 0 Å². The van der Waals surface area contributed by atoms with Gasteiger partial charge in [-0.1, -0.05) is 0 Å². The molecular weight excluding hydrogens is 276 g/mol. The Kier molecular flexibility index (Phi) is 5.26. The van der Waals surface area contributed by atoms with Crippen LogP contribution in [-0.2, 0) is 16.1 Å². The van der Waals surface area contributed by atoms with Crippen LogP contribution in [0.5, 0.6) is 0 Å². The Balaban J connectivity index is 2.20. The van der Waals surface area contributed by atoms with Crippen LogP contribution in [-0.4, -0.2) is 19.3 Å². The second-order valence-corrected chi connectivity index (χ2v) is 5.81. The summed E-state index contributed by atoms with van der Waals surface area (Å²) >= 11 is 5.19. The summed E-state index contributed by atoms with van der Waals surface area (Å²) in [6.45, 7) is 5.54. The minimum absolute atomic E-state index is 0.0906. The van der Waals surface area contributed by atoms with Gasteiger partial charge in [-0.05, 0) is 47.6 Å². The maximum atomic E-state index is 5.60. The van der Waals surface area contributed by atoms with Gasteiger partial charge in [0.15, 0.2) is 0 Å². The van der Waals surface area contributed by atoms with Gasteiger partial charge in [-0.25, -0.2) is 0 Å². The molecule has 0 aliphatic rings. The SMILES string of the molecule is COC(C)(C)CCOCc1sccc1Br. The molecule has 0 amide bonds. The lowest BCUT2D eigenvalue weighted by Gasteiger charge is -2.22. The monoisotopic (exact) mass is 292 g/mol. The van der Waals surface area contributed by atoms with Gasteiger partial charge in [0.05, 0.1) is 12.2 Å². The average Bonchev–Trinajstić information content (AvgIpc) is 2.59. The van der Waals surface area contributed by atoms with Crippen molar-refractivity contribution >= 4 is 27.3 Å². The predicted octanol–water partition coefficient (Wildman–Crippen LogP) is 3.84. The number of rotatable bonds is 6. The molecule has 0 aliphatic heterocycles. The normalized spacial score (nSPS) is 12.0. The molecule has 0 aliphatic carbocycles. The largest absolute Gasteiger partial charge is 0.379 e. The molecule has 0 spiro atoms. The van der Waals surface area contributed by atoms with E-state index in [1.165, 1.54) is 4.88 Å². The second-order valence-electron chi connectivity index (χ2n) is 3.96. The molecule has 0 radical (unpaired) electrons. The van der Waals surface area contributed by atoms with Crippen molar-refractivity contribution in [3.05, 3.63) is 20.8 Å². The lowest BCUT2D eigenvalue weighted by Crippen LogP contribution is -2.24.